The van der Waals surface area contributed by atoms with E-state index in [0.717, 1.165) is 30.7 Å². The molecule has 0 unspecified atom stereocenters. The summed E-state index contributed by atoms with van der Waals surface area (Å²) >= 11 is 0. The van der Waals surface area contributed by atoms with Crippen LogP contribution in [0.4, 0.5) is 19.1 Å². The summed E-state index contributed by atoms with van der Waals surface area (Å²) in [5.74, 6) is -0.228. The zero-order valence-electron chi connectivity index (χ0n) is 20.5. The Labute approximate surface area is 215 Å². The summed E-state index contributed by atoms with van der Waals surface area (Å²) in [5, 5.41) is 6.05. The maximum Gasteiger partial charge on any atom is 0.416 e. The maximum absolute atomic E-state index is 13.1. The van der Waals surface area contributed by atoms with Gasteiger partial charge < -0.3 is 19.4 Å². The fraction of sp³-hybridized carbons (Fsp3) is 0.222. The first-order chi connectivity index (χ1) is 18.3. The molecule has 0 fully saturated rings. The number of pyridine rings is 1. The van der Waals surface area contributed by atoms with E-state index in [1.165, 1.54) is 6.07 Å². The molecule has 0 aliphatic rings. The minimum absolute atomic E-state index is 0.212. The molecule has 0 spiro atoms. The van der Waals surface area contributed by atoms with Crippen LogP contribution in [0.25, 0.3) is 27.8 Å². The summed E-state index contributed by atoms with van der Waals surface area (Å²) in [4.78, 5) is 24.7. The van der Waals surface area contributed by atoms with Crippen molar-refractivity contribution in [3.63, 3.8) is 0 Å². The molecule has 3 aromatic heterocycles. The number of hydrogen-bond acceptors (Lipinski definition) is 5. The summed E-state index contributed by atoms with van der Waals surface area (Å²) in [5.41, 5.74) is 3.33. The van der Waals surface area contributed by atoms with E-state index in [9.17, 15) is 18.0 Å². The highest BCUT2D eigenvalue weighted by atomic mass is 19.4. The number of benzene rings is 2. The number of methoxy groups -OCH3 is 1. The van der Waals surface area contributed by atoms with Crippen molar-refractivity contribution >= 4 is 28.5 Å². The van der Waals surface area contributed by atoms with Crippen LogP contribution < -0.4 is 10.6 Å². The predicted octanol–water partition coefficient (Wildman–Crippen LogP) is 5.27. The number of aromatic nitrogens is 4. The average Bonchev–Trinajstić information content (AvgIpc) is 3.51. The number of imidazole rings is 2. The highest BCUT2D eigenvalue weighted by Gasteiger charge is 2.30. The van der Waals surface area contributed by atoms with Crippen molar-refractivity contribution in [3.8, 4) is 11.1 Å². The largest absolute Gasteiger partial charge is 0.416 e. The number of anilines is 1. The van der Waals surface area contributed by atoms with Gasteiger partial charge in [0.15, 0.2) is 0 Å². The third-order valence-corrected chi connectivity index (χ3v) is 6.03. The Balaban J connectivity index is 1.29. The van der Waals surface area contributed by atoms with E-state index < -0.39 is 17.6 Å². The van der Waals surface area contributed by atoms with Gasteiger partial charge in [0, 0.05) is 32.7 Å². The summed E-state index contributed by atoms with van der Waals surface area (Å²) in [6.07, 6.45) is -0.0260. The van der Waals surface area contributed by atoms with E-state index in [1.54, 1.807) is 42.0 Å². The SMILES string of the molecule is COCCCNCc1ccn2cc(C(=O)Nc3nc4cc(-c5cccc(C(F)(F)F)c5)ccc4[nH]3)nc2c1. The molecule has 5 rings (SSSR count). The number of carbonyl (C=O) groups excluding carboxylic acids is 1. The van der Waals surface area contributed by atoms with Crippen LogP contribution in [0.3, 0.4) is 0 Å². The molecule has 11 heteroatoms. The molecule has 5 aromatic rings. The molecular formula is C27H25F3N6O2. The van der Waals surface area contributed by atoms with E-state index in [0.29, 0.717) is 41.0 Å². The monoisotopic (exact) mass is 522 g/mol. The first-order valence-electron chi connectivity index (χ1n) is 12.0. The number of ether oxygens (including phenoxy) is 1. The fourth-order valence-corrected chi connectivity index (χ4v) is 4.11. The van der Waals surface area contributed by atoms with Crippen molar-refractivity contribution in [1.29, 1.82) is 0 Å². The van der Waals surface area contributed by atoms with Gasteiger partial charge in [-0.15, -0.1) is 0 Å². The van der Waals surface area contributed by atoms with E-state index in [1.807, 2.05) is 18.3 Å². The number of halogens is 3. The Bertz CT molecular complexity index is 1590. The Morgan fingerprint density at radius 2 is 1.92 bits per heavy atom. The molecule has 3 heterocycles. The third-order valence-electron chi connectivity index (χ3n) is 6.03. The minimum Gasteiger partial charge on any atom is -0.385 e. The number of aromatic amines is 1. The van der Waals surface area contributed by atoms with Gasteiger partial charge in [-0.3, -0.25) is 10.1 Å². The zero-order valence-corrected chi connectivity index (χ0v) is 20.5. The topological polar surface area (TPSA) is 96.3 Å². The second-order valence-electron chi connectivity index (χ2n) is 8.80. The highest BCUT2D eigenvalue weighted by Crippen LogP contribution is 2.33. The Kier molecular flexibility index (Phi) is 7.12. The van der Waals surface area contributed by atoms with Crippen LogP contribution in [0.15, 0.2) is 67.0 Å². The normalized spacial score (nSPS) is 11.9. The number of nitrogens with zero attached hydrogens (tertiary/aromatic N) is 3. The van der Waals surface area contributed by atoms with Gasteiger partial charge in [-0.25, -0.2) is 9.97 Å². The highest BCUT2D eigenvalue weighted by molar-refractivity contribution is 6.03. The van der Waals surface area contributed by atoms with Crippen LogP contribution in [0.2, 0.25) is 0 Å². The number of hydrogen-bond donors (Lipinski definition) is 3. The minimum atomic E-state index is -4.43. The van der Waals surface area contributed by atoms with Crippen LogP contribution in [-0.4, -0.2) is 45.5 Å². The van der Waals surface area contributed by atoms with Crippen LogP contribution in [0.1, 0.15) is 28.0 Å². The Morgan fingerprint density at radius 3 is 2.74 bits per heavy atom. The maximum atomic E-state index is 13.1. The number of alkyl halides is 3. The van der Waals surface area contributed by atoms with Crippen LogP contribution >= 0.6 is 0 Å². The van der Waals surface area contributed by atoms with E-state index in [4.69, 9.17) is 4.74 Å². The lowest BCUT2D eigenvalue weighted by Gasteiger charge is -2.08. The standard InChI is InChI=1S/C27H25F3N6O2/c1-38-11-3-9-31-15-17-8-10-36-16-23(32-24(36)12-17)25(37)35-26-33-21-7-6-19(14-22(21)34-26)18-4-2-5-20(13-18)27(28,29)30/h2,4-8,10,12-14,16,31H,3,9,11,15H2,1H3,(H2,33,34,35,37). The second kappa shape index (κ2) is 10.6. The molecule has 0 radical (unpaired) electrons. The van der Waals surface area contributed by atoms with Crippen LogP contribution in [0, 0.1) is 0 Å². The van der Waals surface area contributed by atoms with Gasteiger partial charge in [0.25, 0.3) is 5.91 Å². The lowest BCUT2D eigenvalue weighted by Crippen LogP contribution is -2.16. The summed E-state index contributed by atoms with van der Waals surface area (Å²) < 4.78 is 46.1. The van der Waals surface area contributed by atoms with Crippen molar-refractivity contribution in [3.05, 3.63) is 83.8 Å². The second-order valence-corrected chi connectivity index (χ2v) is 8.80. The average molecular weight is 523 g/mol. The number of rotatable bonds is 9. The quantitative estimate of drug-likeness (QED) is 0.229. The molecule has 2 aromatic carbocycles. The van der Waals surface area contributed by atoms with Gasteiger partial charge in [-0.2, -0.15) is 13.2 Å². The fourth-order valence-electron chi connectivity index (χ4n) is 4.11. The van der Waals surface area contributed by atoms with Crippen molar-refractivity contribution in [2.24, 2.45) is 0 Å². The zero-order chi connectivity index (χ0) is 26.7. The molecular weight excluding hydrogens is 497 g/mol. The number of carbonyl (C=O) groups is 1. The molecule has 0 atom stereocenters. The van der Waals surface area contributed by atoms with Crippen molar-refractivity contribution in [2.45, 2.75) is 19.1 Å². The first-order valence-corrected chi connectivity index (χ1v) is 12.0. The van der Waals surface area contributed by atoms with Gasteiger partial charge in [-0.05, 0) is 66.1 Å². The number of amides is 1. The number of H-pyrrole nitrogens is 1. The number of nitrogens with one attached hydrogen (secondary N) is 3. The molecule has 196 valence electrons. The molecule has 38 heavy (non-hydrogen) atoms. The molecule has 0 saturated carbocycles. The van der Waals surface area contributed by atoms with Gasteiger partial charge in [0.2, 0.25) is 5.95 Å². The Morgan fingerprint density at radius 1 is 1.08 bits per heavy atom. The van der Waals surface area contributed by atoms with E-state index >= 15 is 0 Å². The van der Waals surface area contributed by atoms with Gasteiger partial charge >= 0.3 is 6.18 Å². The molecule has 0 saturated heterocycles. The predicted molar refractivity (Wildman–Crippen MR) is 138 cm³/mol. The lowest BCUT2D eigenvalue weighted by atomic mass is 10.0. The molecule has 1 amide bonds. The Hall–Kier alpha value is -4.22. The van der Waals surface area contributed by atoms with Crippen LogP contribution in [-0.2, 0) is 17.5 Å². The number of fused-ring (bicyclic) bond motifs is 2. The summed E-state index contributed by atoms with van der Waals surface area (Å²) in [6, 6.07) is 14.1. The summed E-state index contributed by atoms with van der Waals surface area (Å²) in [6.45, 7) is 2.21. The molecule has 0 aliphatic carbocycles. The van der Waals surface area contributed by atoms with Gasteiger partial charge in [-0.1, -0.05) is 18.2 Å². The van der Waals surface area contributed by atoms with Gasteiger partial charge in [0.05, 0.1) is 16.6 Å². The molecule has 3 N–H and O–H groups in total. The lowest BCUT2D eigenvalue weighted by molar-refractivity contribution is -0.137. The van der Waals surface area contributed by atoms with E-state index in [2.05, 4.69) is 25.6 Å². The van der Waals surface area contributed by atoms with E-state index in [-0.39, 0.29) is 11.6 Å². The van der Waals surface area contributed by atoms with Crippen LogP contribution in [0.5, 0.6) is 0 Å². The molecule has 0 aliphatic heterocycles. The smallest absolute Gasteiger partial charge is 0.385 e. The first kappa shape index (κ1) is 25.4. The van der Waals surface area contributed by atoms with Gasteiger partial charge in [0.1, 0.15) is 11.3 Å². The van der Waals surface area contributed by atoms with Crippen molar-refractivity contribution < 1.29 is 22.7 Å². The van der Waals surface area contributed by atoms with Crippen molar-refractivity contribution in [1.82, 2.24) is 24.7 Å². The van der Waals surface area contributed by atoms with Crippen molar-refractivity contribution in [2.75, 3.05) is 25.6 Å². The molecule has 0 bridgehead atoms. The third kappa shape index (κ3) is 5.68. The molecule has 8 nitrogen and oxygen atoms in total. The summed E-state index contributed by atoms with van der Waals surface area (Å²) in [7, 11) is 1.68.